The van der Waals surface area contributed by atoms with Crippen LogP contribution in [0.25, 0.3) is 0 Å². The Hall–Kier alpha value is -2.89. The van der Waals surface area contributed by atoms with Crippen molar-refractivity contribution < 1.29 is 18.7 Å². The molecule has 0 saturated heterocycles. The van der Waals surface area contributed by atoms with Crippen molar-refractivity contribution in [1.29, 1.82) is 0 Å². The maximum atomic E-state index is 13.1. The molecule has 0 radical (unpaired) electrons. The van der Waals surface area contributed by atoms with Crippen molar-refractivity contribution in [3.05, 3.63) is 65.5 Å². The normalized spacial score (nSPS) is 14.6. The second-order valence-corrected chi connectivity index (χ2v) is 6.25. The standard InChI is InChI=1S/C19H19FN2O3/c20-15-5-3-14(4-6-15)19(9-10-19)12-22-18(24)13-1-7-16(8-2-13)25-11-17(21)23/h1-8H,9-12H2,(H2,21,23)(H,22,24). The molecule has 0 unspecified atom stereocenters. The van der Waals surface area contributed by atoms with Gasteiger partial charge in [-0.05, 0) is 54.8 Å². The van der Waals surface area contributed by atoms with Crippen LogP contribution in [0.15, 0.2) is 48.5 Å². The Morgan fingerprint density at radius 2 is 1.72 bits per heavy atom. The van der Waals surface area contributed by atoms with Gasteiger partial charge in [0, 0.05) is 17.5 Å². The van der Waals surface area contributed by atoms with Gasteiger partial charge < -0.3 is 15.8 Å². The van der Waals surface area contributed by atoms with Crippen LogP contribution in [0.4, 0.5) is 4.39 Å². The summed E-state index contributed by atoms with van der Waals surface area (Å²) in [5, 5.41) is 2.94. The summed E-state index contributed by atoms with van der Waals surface area (Å²) < 4.78 is 18.2. The molecule has 1 saturated carbocycles. The van der Waals surface area contributed by atoms with Crippen LogP contribution in [0.3, 0.4) is 0 Å². The quantitative estimate of drug-likeness (QED) is 0.809. The minimum absolute atomic E-state index is 0.0894. The van der Waals surface area contributed by atoms with E-state index in [2.05, 4.69) is 5.32 Å². The van der Waals surface area contributed by atoms with Crippen LogP contribution >= 0.6 is 0 Å². The van der Waals surface area contributed by atoms with Crippen LogP contribution < -0.4 is 15.8 Å². The minimum Gasteiger partial charge on any atom is -0.484 e. The maximum Gasteiger partial charge on any atom is 0.255 e. The van der Waals surface area contributed by atoms with Gasteiger partial charge in [0.1, 0.15) is 11.6 Å². The highest BCUT2D eigenvalue weighted by atomic mass is 19.1. The molecular weight excluding hydrogens is 323 g/mol. The zero-order valence-electron chi connectivity index (χ0n) is 13.6. The third kappa shape index (κ3) is 4.15. The lowest BCUT2D eigenvalue weighted by Gasteiger charge is -2.16. The Labute approximate surface area is 145 Å². The lowest BCUT2D eigenvalue weighted by Crippen LogP contribution is -2.32. The average Bonchev–Trinajstić information content (AvgIpc) is 3.40. The van der Waals surface area contributed by atoms with Gasteiger partial charge in [-0.2, -0.15) is 0 Å². The summed E-state index contributed by atoms with van der Waals surface area (Å²) in [6.45, 7) is 0.309. The third-order valence-electron chi connectivity index (χ3n) is 4.40. The van der Waals surface area contributed by atoms with E-state index in [9.17, 15) is 14.0 Å². The van der Waals surface area contributed by atoms with Crippen molar-refractivity contribution in [1.82, 2.24) is 5.32 Å². The molecule has 3 rings (SSSR count). The number of benzene rings is 2. The molecule has 1 aliphatic rings. The van der Waals surface area contributed by atoms with Crippen LogP contribution in [0.1, 0.15) is 28.8 Å². The molecule has 6 heteroatoms. The van der Waals surface area contributed by atoms with Crippen LogP contribution in [-0.4, -0.2) is 25.0 Å². The molecule has 0 aromatic heterocycles. The fraction of sp³-hybridized carbons (Fsp3) is 0.263. The van der Waals surface area contributed by atoms with Gasteiger partial charge in [0.25, 0.3) is 11.8 Å². The first-order chi connectivity index (χ1) is 12.0. The largest absolute Gasteiger partial charge is 0.484 e. The van der Waals surface area contributed by atoms with E-state index in [-0.39, 0.29) is 23.7 Å². The van der Waals surface area contributed by atoms with Crippen molar-refractivity contribution >= 4 is 11.8 Å². The summed E-state index contributed by atoms with van der Waals surface area (Å²) in [5.41, 5.74) is 6.47. The van der Waals surface area contributed by atoms with Gasteiger partial charge in [-0.1, -0.05) is 12.1 Å². The van der Waals surface area contributed by atoms with Gasteiger partial charge in [-0.3, -0.25) is 9.59 Å². The lowest BCUT2D eigenvalue weighted by molar-refractivity contribution is -0.119. The van der Waals surface area contributed by atoms with Gasteiger partial charge in [0.2, 0.25) is 0 Å². The molecule has 0 atom stereocenters. The van der Waals surface area contributed by atoms with E-state index in [1.807, 2.05) is 0 Å². The van der Waals surface area contributed by atoms with Gasteiger partial charge in [-0.25, -0.2) is 4.39 Å². The van der Waals surface area contributed by atoms with E-state index in [0.29, 0.717) is 17.9 Å². The number of ether oxygens (including phenoxy) is 1. The van der Waals surface area contributed by atoms with E-state index in [4.69, 9.17) is 10.5 Å². The summed E-state index contributed by atoms with van der Waals surface area (Å²) in [6, 6.07) is 12.9. The summed E-state index contributed by atoms with van der Waals surface area (Å²) >= 11 is 0. The molecule has 0 aliphatic heterocycles. The van der Waals surface area contributed by atoms with Crippen LogP contribution in [-0.2, 0) is 10.2 Å². The predicted octanol–water partition coefficient (Wildman–Crippen LogP) is 2.15. The van der Waals surface area contributed by atoms with Gasteiger partial charge >= 0.3 is 0 Å². The Balaban J connectivity index is 1.57. The Morgan fingerprint density at radius 3 is 2.28 bits per heavy atom. The lowest BCUT2D eigenvalue weighted by atomic mass is 9.96. The molecule has 1 aliphatic carbocycles. The predicted molar refractivity (Wildman–Crippen MR) is 90.8 cm³/mol. The molecule has 2 amide bonds. The van der Waals surface area contributed by atoms with Crippen molar-refractivity contribution in [3.8, 4) is 5.75 Å². The third-order valence-corrected chi connectivity index (χ3v) is 4.40. The Kier molecular flexibility index (Phi) is 4.70. The van der Waals surface area contributed by atoms with Gasteiger partial charge in [0.15, 0.2) is 6.61 Å². The highest BCUT2D eigenvalue weighted by Crippen LogP contribution is 2.47. The molecular formula is C19H19FN2O3. The molecule has 130 valence electrons. The van der Waals surface area contributed by atoms with Crippen LogP contribution in [0.2, 0.25) is 0 Å². The number of rotatable bonds is 7. The molecule has 5 nitrogen and oxygen atoms in total. The second kappa shape index (κ2) is 6.93. The number of halogens is 1. The molecule has 3 N–H and O–H groups in total. The number of amides is 2. The average molecular weight is 342 g/mol. The number of nitrogens with one attached hydrogen (secondary N) is 1. The SMILES string of the molecule is NC(=O)COc1ccc(C(=O)NCC2(c3ccc(F)cc3)CC2)cc1. The number of hydrogen-bond acceptors (Lipinski definition) is 3. The molecule has 1 fully saturated rings. The molecule has 0 heterocycles. The molecule has 25 heavy (non-hydrogen) atoms. The first kappa shape index (κ1) is 17.0. The first-order valence-corrected chi connectivity index (χ1v) is 8.04. The fourth-order valence-corrected chi connectivity index (χ4v) is 2.73. The van der Waals surface area contributed by atoms with Crippen LogP contribution in [0, 0.1) is 5.82 Å². The number of carbonyl (C=O) groups excluding carboxylic acids is 2. The van der Waals surface area contributed by atoms with E-state index >= 15 is 0 Å². The first-order valence-electron chi connectivity index (χ1n) is 8.04. The van der Waals surface area contributed by atoms with Crippen molar-refractivity contribution in [2.24, 2.45) is 5.73 Å². The van der Waals surface area contributed by atoms with Crippen molar-refractivity contribution in [2.75, 3.05) is 13.2 Å². The molecule has 0 bridgehead atoms. The number of nitrogens with two attached hydrogens (primary N) is 1. The maximum absolute atomic E-state index is 13.1. The summed E-state index contributed by atoms with van der Waals surface area (Å²) in [6.07, 6.45) is 1.94. The van der Waals surface area contributed by atoms with Crippen molar-refractivity contribution in [2.45, 2.75) is 18.3 Å². The van der Waals surface area contributed by atoms with E-state index in [1.54, 1.807) is 36.4 Å². The summed E-state index contributed by atoms with van der Waals surface area (Å²) in [7, 11) is 0. The summed E-state index contributed by atoms with van der Waals surface area (Å²) in [5.74, 6) is -0.533. The highest BCUT2D eigenvalue weighted by molar-refractivity contribution is 5.94. The number of primary amides is 1. The van der Waals surface area contributed by atoms with E-state index < -0.39 is 5.91 Å². The minimum atomic E-state index is -0.558. The summed E-state index contributed by atoms with van der Waals surface area (Å²) in [4.78, 5) is 23.0. The van der Waals surface area contributed by atoms with E-state index in [0.717, 1.165) is 18.4 Å². The Bertz CT molecular complexity index is 768. The zero-order chi connectivity index (χ0) is 17.9. The topological polar surface area (TPSA) is 81.4 Å². The highest BCUT2D eigenvalue weighted by Gasteiger charge is 2.44. The van der Waals surface area contributed by atoms with E-state index in [1.165, 1.54) is 12.1 Å². The molecule has 2 aromatic carbocycles. The van der Waals surface area contributed by atoms with Gasteiger partial charge in [0.05, 0.1) is 0 Å². The molecule has 0 spiro atoms. The zero-order valence-corrected chi connectivity index (χ0v) is 13.6. The number of hydrogen-bond donors (Lipinski definition) is 2. The number of carbonyl (C=O) groups is 2. The fourth-order valence-electron chi connectivity index (χ4n) is 2.73. The van der Waals surface area contributed by atoms with Gasteiger partial charge in [-0.15, -0.1) is 0 Å². The molecule has 2 aromatic rings. The van der Waals surface area contributed by atoms with Crippen molar-refractivity contribution in [3.63, 3.8) is 0 Å². The van der Waals surface area contributed by atoms with Crippen LogP contribution in [0.5, 0.6) is 5.75 Å². The Morgan fingerprint density at radius 1 is 1.08 bits per heavy atom. The second-order valence-electron chi connectivity index (χ2n) is 6.25. The smallest absolute Gasteiger partial charge is 0.255 e. The monoisotopic (exact) mass is 342 g/mol.